The standard InChI is InChI=1S/C20H20N2O3/c1-20(2,3)25-16-11-9-14(10-12-16)13-17-18(23)21-22(19(17)24)15-7-5-4-6-8-15/h4-13H,1-3H3,(H,21,23). The van der Waals surface area contributed by atoms with Crippen LogP contribution >= 0.6 is 0 Å². The van der Waals surface area contributed by atoms with E-state index in [9.17, 15) is 9.59 Å². The van der Waals surface area contributed by atoms with Gasteiger partial charge in [-0.3, -0.25) is 15.0 Å². The number of rotatable bonds is 3. The van der Waals surface area contributed by atoms with Gasteiger partial charge in [-0.2, -0.15) is 0 Å². The fourth-order valence-electron chi connectivity index (χ4n) is 2.47. The first kappa shape index (κ1) is 16.8. The SMILES string of the molecule is CC(C)(C)Oc1ccc(C=C2C(=O)NN(c3ccccc3)C2=O)cc1. The van der Waals surface area contributed by atoms with E-state index in [1.807, 2.05) is 63.2 Å². The molecule has 128 valence electrons. The lowest BCUT2D eigenvalue weighted by Crippen LogP contribution is -2.35. The molecule has 5 nitrogen and oxygen atoms in total. The van der Waals surface area contributed by atoms with Crippen LogP contribution in [0.5, 0.6) is 5.75 Å². The lowest BCUT2D eigenvalue weighted by atomic mass is 10.1. The van der Waals surface area contributed by atoms with E-state index in [4.69, 9.17) is 4.74 Å². The van der Waals surface area contributed by atoms with Crippen molar-refractivity contribution in [2.75, 3.05) is 5.01 Å². The Morgan fingerprint density at radius 3 is 2.20 bits per heavy atom. The van der Waals surface area contributed by atoms with Crippen LogP contribution in [0.1, 0.15) is 26.3 Å². The van der Waals surface area contributed by atoms with Gasteiger partial charge in [0.2, 0.25) is 0 Å². The predicted molar refractivity (Wildman–Crippen MR) is 96.9 cm³/mol. The van der Waals surface area contributed by atoms with Crippen LogP contribution in [-0.2, 0) is 9.59 Å². The number of para-hydroxylation sites is 1. The number of carbonyl (C=O) groups is 2. The number of hydrazine groups is 1. The Hall–Kier alpha value is -3.08. The minimum Gasteiger partial charge on any atom is -0.488 e. The first-order valence-corrected chi connectivity index (χ1v) is 8.05. The number of hydrogen-bond donors (Lipinski definition) is 1. The summed E-state index contributed by atoms with van der Waals surface area (Å²) in [7, 11) is 0. The van der Waals surface area contributed by atoms with Crippen molar-refractivity contribution in [3.05, 3.63) is 65.7 Å². The number of ether oxygens (including phenoxy) is 1. The number of amides is 2. The third-order valence-corrected chi connectivity index (χ3v) is 3.52. The monoisotopic (exact) mass is 336 g/mol. The van der Waals surface area contributed by atoms with Crippen molar-refractivity contribution in [3.8, 4) is 5.75 Å². The van der Waals surface area contributed by atoms with Crippen molar-refractivity contribution in [2.45, 2.75) is 26.4 Å². The topological polar surface area (TPSA) is 58.6 Å². The molecule has 25 heavy (non-hydrogen) atoms. The molecule has 0 aromatic heterocycles. The molecule has 0 saturated carbocycles. The van der Waals surface area contributed by atoms with Crippen LogP contribution < -0.4 is 15.2 Å². The molecule has 3 rings (SSSR count). The Bertz CT molecular complexity index is 818. The molecule has 0 bridgehead atoms. The van der Waals surface area contributed by atoms with E-state index < -0.39 is 5.91 Å². The van der Waals surface area contributed by atoms with Crippen LogP contribution in [0, 0.1) is 0 Å². The minimum atomic E-state index is -0.413. The third-order valence-electron chi connectivity index (χ3n) is 3.52. The zero-order valence-electron chi connectivity index (χ0n) is 14.4. The highest BCUT2D eigenvalue weighted by Gasteiger charge is 2.34. The molecule has 1 aliphatic heterocycles. The van der Waals surface area contributed by atoms with Crippen molar-refractivity contribution >= 4 is 23.6 Å². The normalized spacial score (nSPS) is 16.3. The summed E-state index contributed by atoms with van der Waals surface area (Å²) < 4.78 is 5.77. The predicted octanol–water partition coefficient (Wildman–Crippen LogP) is 3.33. The van der Waals surface area contributed by atoms with E-state index in [-0.39, 0.29) is 17.1 Å². The number of anilines is 1. The smallest absolute Gasteiger partial charge is 0.282 e. The van der Waals surface area contributed by atoms with Gasteiger partial charge in [0.1, 0.15) is 16.9 Å². The van der Waals surface area contributed by atoms with Gasteiger partial charge in [0.15, 0.2) is 0 Å². The van der Waals surface area contributed by atoms with Gasteiger partial charge in [0, 0.05) is 0 Å². The Morgan fingerprint density at radius 2 is 1.60 bits per heavy atom. The van der Waals surface area contributed by atoms with Gasteiger partial charge in [0.25, 0.3) is 11.8 Å². The molecule has 1 N–H and O–H groups in total. The molecule has 5 heteroatoms. The fourth-order valence-corrected chi connectivity index (χ4v) is 2.47. The Morgan fingerprint density at radius 1 is 0.960 bits per heavy atom. The van der Waals surface area contributed by atoms with Crippen LogP contribution in [0.2, 0.25) is 0 Å². The van der Waals surface area contributed by atoms with E-state index in [2.05, 4.69) is 5.43 Å². The summed E-state index contributed by atoms with van der Waals surface area (Å²) >= 11 is 0. The quantitative estimate of drug-likeness (QED) is 0.691. The van der Waals surface area contributed by atoms with Crippen molar-refractivity contribution in [1.29, 1.82) is 0 Å². The molecular formula is C20H20N2O3. The Labute approximate surface area is 146 Å². The minimum absolute atomic E-state index is 0.105. The van der Waals surface area contributed by atoms with Gasteiger partial charge < -0.3 is 4.74 Å². The largest absolute Gasteiger partial charge is 0.488 e. The number of carbonyl (C=O) groups excluding carboxylic acids is 2. The van der Waals surface area contributed by atoms with Crippen LogP contribution in [0.3, 0.4) is 0 Å². The van der Waals surface area contributed by atoms with Gasteiger partial charge in [-0.25, -0.2) is 5.01 Å². The summed E-state index contributed by atoms with van der Waals surface area (Å²) in [5.74, 6) is -0.0437. The van der Waals surface area contributed by atoms with Gasteiger partial charge in [-0.1, -0.05) is 30.3 Å². The van der Waals surface area contributed by atoms with Crippen LogP contribution in [-0.4, -0.2) is 17.4 Å². The second-order valence-electron chi connectivity index (χ2n) is 6.76. The van der Waals surface area contributed by atoms with E-state index in [0.717, 1.165) is 11.3 Å². The molecule has 1 saturated heterocycles. The Balaban J connectivity index is 1.81. The van der Waals surface area contributed by atoms with Gasteiger partial charge in [0.05, 0.1) is 5.69 Å². The fraction of sp³-hybridized carbons (Fsp3) is 0.200. The lowest BCUT2D eigenvalue weighted by molar-refractivity contribution is -0.117. The van der Waals surface area contributed by atoms with Crippen LogP contribution in [0.4, 0.5) is 5.69 Å². The van der Waals surface area contributed by atoms with E-state index >= 15 is 0 Å². The summed E-state index contributed by atoms with van der Waals surface area (Å²) in [5.41, 5.74) is 3.79. The first-order chi connectivity index (χ1) is 11.8. The molecule has 1 fully saturated rings. The molecule has 1 heterocycles. The maximum atomic E-state index is 12.5. The molecule has 2 aromatic carbocycles. The van der Waals surface area contributed by atoms with E-state index in [1.54, 1.807) is 18.2 Å². The van der Waals surface area contributed by atoms with E-state index in [0.29, 0.717) is 5.69 Å². The maximum absolute atomic E-state index is 12.5. The highest BCUT2D eigenvalue weighted by atomic mass is 16.5. The third kappa shape index (κ3) is 3.88. The summed E-state index contributed by atoms with van der Waals surface area (Å²) in [4.78, 5) is 24.7. The summed E-state index contributed by atoms with van der Waals surface area (Å²) in [5, 5.41) is 1.26. The second-order valence-corrected chi connectivity index (χ2v) is 6.76. The highest BCUT2D eigenvalue weighted by molar-refractivity contribution is 6.31. The molecule has 2 amide bonds. The molecule has 0 radical (unpaired) electrons. The van der Waals surface area contributed by atoms with Crippen LogP contribution in [0.25, 0.3) is 6.08 Å². The van der Waals surface area contributed by atoms with Crippen molar-refractivity contribution in [2.24, 2.45) is 0 Å². The molecule has 1 aliphatic rings. The van der Waals surface area contributed by atoms with Gasteiger partial charge in [-0.05, 0) is 56.7 Å². The summed E-state index contributed by atoms with van der Waals surface area (Å²) in [6, 6.07) is 16.3. The summed E-state index contributed by atoms with van der Waals surface area (Å²) in [6.07, 6.45) is 1.58. The Kier molecular flexibility index (Phi) is 4.31. The average Bonchev–Trinajstić information content (AvgIpc) is 2.84. The number of nitrogens with one attached hydrogen (secondary N) is 1. The van der Waals surface area contributed by atoms with Gasteiger partial charge >= 0.3 is 0 Å². The highest BCUT2D eigenvalue weighted by Crippen LogP contribution is 2.23. The van der Waals surface area contributed by atoms with Crippen molar-refractivity contribution in [3.63, 3.8) is 0 Å². The number of benzene rings is 2. The maximum Gasteiger partial charge on any atom is 0.282 e. The number of nitrogens with zero attached hydrogens (tertiary/aromatic N) is 1. The molecule has 0 atom stereocenters. The van der Waals surface area contributed by atoms with Crippen LogP contribution in [0.15, 0.2) is 60.2 Å². The molecule has 0 spiro atoms. The van der Waals surface area contributed by atoms with Gasteiger partial charge in [-0.15, -0.1) is 0 Å². The zero-order chi connectivity index (χ0) is 18.0. The van der Waals surface area contributed by atoms with E-state index in [1.165, 1.54) is 5.01 Å². The lowest BCUT2D eigenvalue weighted by Gasteiger charge is -2.21. The first-order valence-electron chi connectivity index (χ1n) is 8.05. The summed E-state index contributed by atoms with van der Waals surface area (Å²) in [6.45, 7) is 5.92. The molecular weight excluding hydrogens is 316 g/mol. The van der Waals surface area contributed by atoms with Crippen molar-refractivity contribution in [1.82, 2.24) is 5.43 Å². The van der Waals surface area contributed by atoms with Crippen molar-refractivity contribution < 1.29 is 14.3 Å². The molecule has 0 aliphatic carbocycles. The number of hydrogen-bond acceptors (Lipinski definition) is 3. The average molecular weight is 336 g/mol. The zero-order valence-corrected chi connectivity index (χ0v) is 14.4. The molecule has 2 aromatic rings. The molecule has 0 unspecified atom stereocenters. The second kappa shape index (κ2) is 6.43.